The molecule has 1 aliphatic carbocycles. The molecule has 0 aromatic heterocycles. The van der Waals surface area contributed by atoms with Crippen molar-refractivity contribution in [3.63, 3.8) is 0 Å². The van der Waals surface area contributed by atoms with Crippen molar-refractivity contribution >= 4 is 12.0 Å². The Morgan fingerprint density at radius 2 is 2.05 bits per heavy atom. The number of hydrogen-bond acceptors (Lipinski definition) is 2. The second kappa shape index (κ2) is 6.08. The first-order valence-corrected chi connectivity index (χ1v) is 7.72. The van der Waals surface area contributed by atoms with Gasteiger partial charge >= 0.3 is 12.0 Å². The number of amides is 2. The highest BCUT2D eigenvalue weighted by atomic mass is 16.4. The molecule has 2 aliphatic rings. The molecule has 5 nitrogen and oxygen atoms in total. The average molecular weight is 294 g/mol. The zero-order valence-corrected chi connectivity index (χ0v) is 13.3. The molecule has 5 heteroatoms. The summed E-state index contributed by atoms with van der Waals surface area (Å²) in [5.74, 6) is -0.439. The van der Waals surface area contributed by atoms with E-state index in [1.54, 1.807) is 4.90 Å². The minimum absolute atomic E-state index is 0.131. The molecule has 2 rings (SSSR count). The maximum Gasteiger partial charge on any atom is 0.323 e. The monoisotopic (exact) mass is 294 g/mol. The van der Waals surface area contributed by atoms with Crippen LogP contribution in [0.5, 0.6) is 0 Å². The first-order chi connectivity index (χ1) is 9.77. The standard InChI is InChI=1S/C16H26N2O3/c1-16(2,3)13-6-8-17(9-7-13)15(21)18(11-14(19)20)10-12-4-5-12/h6,12H,4-5,7-11H2,1-3H3,(H,19,20). The van der Waals surface area contributed by atoms with Crippen molar-refractivity contribution in [2.45, 2.75) is 40.0 Å². The van der Waals surface area contributed by atoms with Crippen LogP contribution in [0.4, 0.5) is 4.79 Å². The lowest BCUT2D eigenvalue weighted by Gasteiger charge is -2.35. The van der Waals surface area contributed by atoms with Crippen LogP contribution < -0.4 is 0 Å². The lowest BCUT2D eigenvalue weighted by Crippen LogP contribution is -2.48. The van der Waals surface area contributed by atoms with E-state index in [0.29, 0.717) is 25.6 Å². The molecule has 0 radical (unpaired) electrons. The molecule has 1 heterocycles. The van der Waals surface area contributed by atoms with Crippen molar-refractivity contribution in [3.05, 3.63) is 11.6 Å². The second-order valence-corrected chi connectivity index (χ2v) is 7.18. The predicted molar refractivity (Wildman–Crippen MR) is 81.1 cm³/mol. The van der Waals surface area contributed by atoms with Crippen LogP contribution in [0.1, 0.15) is 40.0 Å². The molecule has 0 spiro atoms. The molecule has 0 aromatic rings. The number of nitrogens with zero attached hydrogens (tertiary/aromatic N) is 2. The van der Waals surface area contributed by atoms with E-state index in [-0.39, 0.29) is 18.0 Å². The van der Waals surface area contributed by atoms with Crippen LogP contribution in [0.15, 0.2) is 11.6 Å². The average Bonchev–Trinajstić information content (AvgIpc) is 3.20. The van der Waals surface area contributed by atoms with Crippen molar-refractivity contribution in [2.24, 2.45) is 11.3 Å². The summed E-state index contributed by atoms with van der Waals surface area (Å²) in [7, 11) is 0. The van der Waals surface area contributed by atoms with Gasteiger partial charge in [0, 0.05) is 19.6 Å². The van der Waals surface area contributed by atoms with Crippen molar-refractivity contribution < 1.29 is 14.7 Å². The minimum atomic E-state index is -0.938. The molecule has 0 bridgehead atoms. The summed E-state index contributed by atoms with van der Waals surface area (Å²) in [6.07, 6.45) is 5.21. The maximum absolute atomic E-state index is 12.5. The number of rotatable bonds is 4. The zero-order chi connectivity index (χ0) is 15.6. The van der Waals surface area contributed by atoms with Crippen LogP contribution in [-0.4, -0.2) is 53.1 Å². The summed E-state index contributed by atoms with van der Waals surface area (Å²) in [6.45, 7) is 8.20. The first-order valence-electron chi connectivity index (χ1n) is 7.72. The highest BCUT2D eigenvalue weighted by molar-refractivity contribution is 5.80. The number of aliphatic carboxylic acids is 1. The largest absolute Gasteiger partial charge is 0.480 e. The molecule has 1 fully saturated rings. The Bertz CT molecular complexity index is 447. The fourth-order valence-electron chi connectivity index (χ4n) is 2.71. The van der Waals surface area contributed by atoms with Crippen molar-refractivity contribution in [1.82, 2.24) is 9.80 Å². The van der Waals surface area contributed by atoms with Gasteiger partial charge in [-0.1, -0.05) is 32.4 Å². The van der Waals surface area contributed by atoms with Gasteiger partial charge in [0.15, 0.2) is 0 Å². The van der Waals surface area contributed by atoms with E-state index in [4.69, 9.17) is 5.11 Å². The highest BCUT2D eigenvalue weighted by Crippen LogP contribution is 2.32. The molecular weight excluding hydrogens is 268 g/mol. The van der Waals surface area contributed by atoms with E-state index >= 15 is 0 Å². The summed E-state index contributed by atoms with van der Waals surface area (Å²) in [4.78, 5) is 26.7. The lowest BCUT2D eigenvalue weighted by molar-refractivity contribution is -0.137. The lowest BCUT2D eigenvalue weighted by atomic mass is 9.83. The summed E-state index contributed by atoms with van der Waals surface area (Å²) >= 11 is 0. The van der Waals surface area contributed by atoms with Crippen LogP contribution in [0, 0.1) is 11.3 Å². The molecule has 118 valence electrons. The van der Waals surface area contributed by atoms with Crippen molar-refractivity contribution in [1.29, 1.82) is 0 Å². The third-order valence-corrected chi connectivity index (χ3v) is 4.22. The fraction of sp³-hybridized carbons (Fsp3) is 0.750. The number of carboxylic acids is 1. The summed E-state index contributed by atoms with van der Waals surface area (Å²) in [5, 5.41) is 8.99. The molecule has 1 aliphatic heterocycles. The Morgan fingerprint density at radius 1 is 1.38 bits per heavy atom. The second-order valence-electron chi connectivity index (χ2n) is 7.18. The summed E-state index contributed by atoms with van der Waals surface area (Å²) in [5.41, 5.74) is 1.52. The Labute approximate surface area is 126 Å². The van der Waals surface area contributed by atoms with Gasteiger partial charge in [0.25, 0.3) is 0 Å². The van der Waals surface area contributed by atoms with Gasteiger partial charge < -0.3 is 14.9 Å². The van der Waals surface area contributed by atoms with Crippen LogP contribution in [-0.2, 0) is 4.79 Å². The molecule has 0 unspecified atom stereocenters. The minimum Gasteiger partial charge on any atom is -0.480 e. The van der Waals surface area contributed by atoms with E-state index in [1.165, 1.54) is 10.5 Å². The number of hydrogen-bond donors (Lipinski definition) is 1. The molecule has 0 atom stereocenters. The van der Waals surface area contributed by atoms with Crippen LogP contribution >= 0.6 is 0 Å². The Morgan fingerprint density at radius 3 is 2.48 bits per heavy atom. The molecule has 0 saturated heterocycles. The molecule has 2 amide bonds. The van der Waals surface area contributed by atoms with Crippen LogP contribution in [0.25, 0.3) is 0 Å². The Kier molecular flexibility index (Phi) is 4.59. The fourth-order valence-corrected chi connectivity index (χ4v) is 2.71. The first kappa shape index (κ1) is 15.9. The smallest absolute Gasteiger partial charge is 0.323 e. The third kappa shape index (κ3) is 4.48. The van der Waals surface area contributed by atoms with Gasteiger partial charge in [0.05, 0.1) is 0 Å². The van der Waals surface area contributed by atoms with Gasteiger partial charge in [-0.2, -0.15) is 0 Å². The van der Waals surface area contributed by atoms with Crippen molar-refractivity contribution in [3.8, 4) is 0 Å². The van der Waals surface area contributed by atoms with Crippen molar-refractivity contribution in [2.75, 3.05) is 26.2 Å². The van der Waals surface area contributed by atoms with Gasteiger partial charge in [-0.05, 0) is 30.6 Å². The quantitative estimate of drug-likeness (QED) is 0.811. The van der Waals surface area contributed by atoms with Crippen LogP contribution in [0.2, 0.25) is 0 Å². The molecule has 1 N–H and O–H groups in total. The SMILES string of the molecule is CC(C)(C)C1=CCN(C(=O)N(CC(=O)O)CC2CC2)CC1. The van der Waals surface area contributed by atoms with E-state index in [0.717, 1.165) is 19.3 Å². The molecular formula is C16H26N2O3. The van der Waals surface area contributed by atoms with Gasteiger partial charge in [-0.15, -0.1) is 0 Å². The van der Waals surface area contributed by atoms with Gasteiger partial charge in [-0.3, -0.25) is 4.79 Å². The molecule has 0 aromatic carbocycles. The number of carbonyl (C=O) groups excluding carboxylic acids is 1. The van der Waals surface area contributed by atoms with E-state index < -0.39 is 5.97 Å². The highest BCUT2D eigenvalue weighted by Gasteiger charge is 2.31. The van der Waals surface area contributed by atoms with Gasteiger partial charge in [0.1, 0.15) is 6.54 Å². The van der Waals surface area contributed by atoms with Gasteiger partial charge in [-0.25, -0.2) is 4.79 Å². The maximum atomic E-state index is 12.5. The number of carbonyl (C=O) groups is 2. The van der Waals surface area contributed by atoms with Gasteiger partial charge in [0.2, 0.25) is 0 Å². The predicted octanol–water partition coefficient (Wildman–Crippen LogP) is 2.58. The normalized spacial score (nSPS) is 19.2. The Balaban J connectivity index is 1.97. The number of carboxylic acid groups (broad SMARTS) is 1. The van der Waals surface area contributed by atoms with E-state index in [9.17, 15) is 9.59 Å². The third-order valence-electron chi connectivity index (χ3n) is 4.22. The van der Waals surface area contributed by atoms with Crippen LogP contribution in [0.3, 0.4) is 0 Å². The van der Waals surface area contributed by atoms with E-state index in [1.807, 2.05) is 0 Å². The number of urea groups is 1. The molecule has 21 heavy (non-hydrogen) atoms. The zero-order valence-electron chi connectivity index (χ0n) is 13.3. The summed E-state index contributed by atoms with van der Waals surface area (Å²) in [6, 6.07) is -0.131. The summed E-state index contributed by atoms with van der Waals surface area (Å²) < 4.78 is 0. The molecule has 1 saturated carbocycles. The Hall–Kier alpha value is -1.52. The van der Waals surface area contributed by atoms with E-state index in [2.05, 4.69) is 26.8 Å². The topological polar surface area (TPSA) is 60.9 Å².